The van der Waals surface area contributed by atoms with Gasteiger partial charge in [0, 0.05) is 72.5 Å². The summed E-state index contributed by atoms with van der Waals surface area (Å²) in [7, 11) is 0. The zero-order valence-corrected chi connectivity index (χ0v) is 21.1. The number of rotatable bonds is 6. The largest absolute Gasteiger partial charge is 0.381 e. The van der Waals surface area contributed by atoms with Crippen molar-refractivity contribution in [1.82, 2.24) is 15.3 Å². The van der Waals surface area contributed by atoms with Crippen molar-refractivity contribution in [3.05, 3.63) is 77.2 Å². The van der Waals surface area contributed by atoms with E-state index in [2.05, 4.69) is 78.5 Å². The third-order valence-electron chi connectivity index (χ3n) is 7.74. The van der Waals surface area contributed by atoms with Gasteiger partial charge in [-0.2, -0.15) is 0 Å². The summed E-state index contributed by atoms with van der Waals surface area (Å²) in [6.07, 6.45) is 5.81. The molecule has 0 bridgehead atoms. The van der Waals surface area contributed by atoms with E-state index in [1.165, 1.54) is 11.3 Å². The smallest absolute Gasteiger partial charge is 0.124 e. The van der Waals surface area contributed by atoms with Gasteiger partial charge in [0.25, 0.3) is 0 Å². The predicted molar refractivity (Wildman–Crippen MR) is 139 cm³/mol. The van der Waals surface area contributed by atoms with Crippen LogP contribution in [0.5, 0.6) is 0 Å². The topological polar surface area (TPSA) is 70.2 Å². The van der Waals surface area contributed by atoms with Gasteiger partial charge in [-0.3, -0.25) is 4.98 Å². The summed E-state index contributed by atoms with van der Waals surface area (Å²) in [6.45, 7) is 9.71. The molecule has 34 heavy (non-hydrogen) atoms. The van der Waals surface area contributed by atoms with Crippen LogP contribution < -0.4 is 5.32 Å². The normalized spacial score (nSPS) is 19.8. The highest BCUT2D eigenvalue weighted by Crippen LogP contribution is 2.48. The van der Waals surface area contributed by atoms with E-state index in [1.807, 2.05) is 12.4 Å². The number of hydrogen-bond donors (Lipinski definition) is 3. The van der Waals surface area contributed by atoms with E-state index in [4.69, 9.17) is 4.74 Å². The number of H-pyrrole nitrogens is 1. The first kappa shape index (κ1) is 24.9. The third-order valence-corrected chi connectivity index (χ3v) is 7.74. The lowest BCUT2D eigenvalue weighted by Gasteiger charge is -2.52. The van der Waals surface area contributed by atoms with Gasteiger partial charge in [0.15, 0.2) is 0 Å². The van der Waals surface area contributed by atoms with Crippen LogP contribution in [-0.4, -0.2) is 41.4 Å². The summed E-state index contributed by atoms with van der Waals surface area (Å²) < 4.78 is 5.52. The Morgan fingerprint density at radius 3 is 2.35 bits per heavy atom. The predicted octanol–water partition coefficient (Wildman–Crippen LogP) is 5.36. The van der Waals surface area contributed by atoms with Crippen LogP contribution in [0.25, 0.3) is 11.3 Å². The van der Waals surface area contributed by atoms with Crippen LogP contribution in [0.4, 0.5) is 0 Å². The first-order chi connectivity index (χ1) is 15.9. The number of aromatic amines is 1. The molecular formula is C28H36ClN3O2. The molecule has 0 unspecified atom stereocenters. The summed E-state index contributed by atoms with van der Waals surface area (Å²) >= 11 is 0. The number of ether oxygens (including phenoxy) is 1. The van der Waals surface area contributed by atoms with Crippen LogP contribution in [0.15, 0.2) is 54.9 Å². The Morgan fingerprint density at radius 2 is 1.74 bits per heavy atom. The Morgan fingerprint density at radius 1 is 1.03 bits per heavy atom. The van der Waals surface area contributed by atoms with E-state index in [0.717, 1.165) is 61.5 Å². The highest BCUT2D eigenvalue weighted by molar-refractivity contribution is 5.85. The molecular weight excluding hydrogens is 446 g/mol. The molecule has 2 saturated heterocycles. The van der Waals surface area contributed by atoms with Gasteiger partial charge < -0.3 is 20.1 Å². The SMILES string of the molecule is CC(C)c1ccc([C@](O)(c2cncc(-c3ccc(C4CCOCC4)[nH]3)c2)C2(C)CNC2)cc1.Cl. The molecule has 0 aliphatic carbocycles. The lowest BCUT2D eigenvalue weighted by Crippen LogP contribution is -2.63. The second-order valence-electron chi connectivity index (χ2n) is 10.3. The molecule has 3 N–H and O–H groups in total. The molecule has 3 aromatic rings. The fourth-order valence-electron chi connectivity index (χ4n) is 5.34. The number of pyridine rings is 1. The minimum Gasteiger partial charge on any atom is -0.381 e. The Hall–Kier alpha value is -2.18. The first-order valence-corrected chi connectivity index (χ1v) is 12.2. The Labute approximate surface area is 208 Å². The van der Waals surface area contributed by atoms with Crippen molar-refractivity contribution in [2.45, 2.75) is 51.0 Å². The molecule has 2 aliphatic heterocycles. The maximum atomic E-state index is 12.3. The third kappa shape index (κ3) is 4.31. The molecule has 2 aliphatic rings. The van der Waals surface area contributed by atoms with Crippen LogP contribution in [-0.2, 0) is 10.3 Å². The van der Waals surface area contributed by atoms with Crippen molar-refractivity contribution >= 4 is 12.4 Å². The fraction of sp³-hybridized carbons (Fsp3) is 0.464. The number of nitrogens with zero attached hydrogens (tertiary/aromatic N) is 1. The molecule has 182 valence electrons. The van der Waals surface area contributed by atoms with Gasteiger partial charge in [-0.1, -0.05) is 45.0 Å². The van der Waals surface area contributed by atoms with Crippen LogP contribution in [0.2, 0.25) is 0 Å². The average molecular weight is 482 g/mol. The maximum Gasteiger partial charge on any atom is 0.124 e. The van der Waals surface area contributed by atoms with Gasteiger partial charge in [-0.25, -0.2) is 0 Å². The van der Waals surface area contributed by atoms with Crippen molar-refractivity contribution in [3.63, 3.8) is 0 Å². The first-order valence-electron chi connectivity index (χ1n) is 12.2. The zero-order chi connectivity index (χ0) is 23.1. The van der Waals surface area contributed by atoms with E-state index in [-0.39, 0.29) is 17.8 Å². The van der Waals surface area contributed by atoms with E-state index < -0.39 is 5.60 Å². The number of benzene rings is 1. The fourth-order valence-corrected chi connectivity index (χ4v) is 5.34. The lowest BCUT2D eigenvalue weighted by atomic mass is 9.63. The highest BCUT2D eigenvalue weighted by Gasteiger charge is 2.53. The molecule has 6 heteroatoms. The molecule has 2 fully saturated rings. The van der Waals surface area contributed by atoms with Gasteiger partial charge in [0.2, 0.25) is 0 Å². The number of aliphatic hydroxyl groups is 1. The van der Waals surface area contributed by atoms with E-state index in [9.17, 15) is 5.11 Å². The molecule has 4 heterocycles. The second-order valence-corrected chi connectivity index (χ2v) is 10.3. The highest BCUT2D eigenvalue weighted by atomic mass is 35.5. The lowest BCUT2D eigenvalue weighted by molar-refractivity contribution is -0.0769. The van der Waals surface area contributed by atoms with E-state index >= 15 is 0 Å². The van der Waals surface area contributed by atoms with Crippen molar-refractivity contribution < 1.29 is 9.84 Å². The summed E-state index contributed by atoms with van der Waals surface area (Å²) in [6, 6.07) is 14.9. The molecule has 0 radical (unpaired) electrons. The summed E-state index contributed by atoms with van der Waals surface area (Å²) in [5, 5.41) is 15.7. The standard InChI is InChI=1S/C28H35N3O2.ClH/c1-19(2)20-4-6-23(7-5-20)28(32,27(3)17-30-18-27)24-14-22(15-29-16-24)26-9-8-25(31-26)21-10-12-33-13-11-21;/h4-9,14-16,19,21,30-32H,10-13,17-18H2,1-3H3;1H/t28-;/m0./s1. The number of aromatic nitrogens is 2. The van der Waals surface area contributed by atoms with Gasteiger partial charge >= 0.3 is 0 Å². The quantitative estimate of drug-likeness (QED) is 0.443. The van der Waals surface area contributed by atoms with Gasteiger partial charge in [-0.15, -0.1) is 12.4 Å². The Balaban J connectivity index is 0.00000274. The van der Waals surface area contributed by atoms with Crippen LogP contribution in [0.3, 0.4) is 0 Å². The summed E-state index contributed by atoms with van der Waals surface area (Å²) in [5.41, 5.74) is 4.89. The molecule has 0 saturated carbocycles. The Bertz CT molecular complexity index is 1100. The zero-order valence-electron chi connectivity index (χ0n) is 20.3. The minimum atomic E-state index is -1.13. The van der Waals surface area contributed by atoms with Crippen molar-refractivity contribution in [1.29, 1.82) is 0 Å². The molecule has 0 spiro atoms. The van der Waals surface area contributed by atoms with Crippen molar-refractivity contribution in [2.75, 3.05) is 26.3 Å². The molecule has 5 nitrogen and oxygen atoms in total. The van der Waals surface area contributed by atoms with Crippen LogP contribution >= 0.6 is 12.4 Å². The van der Waals surface area contributed by atoms with Crippen LogP contribution in [0.1, 0.15) is 67.8 Å². The molecule has 0 amide bonds. The molecule has 1 atom stereocenters. The van der Waals surface area contributed by atoms with Crippen molar-refractivity contribution in [3.8, 4) is 11.3 Å². The number of halogens is 1. The molecule has 2 aromatic heterocycles. The average Bonchev–Trinajstić information content (AvgIpc) is 3.33. The summed E-state index contributed by atoms with van der Waals surface area (Å²) in [5.74, 6) is 0.968. The maximum absolute atomic E-state index is 12.3. The van der Waals surface area contributed by atoms with Crippen LogP contribution in [0, 0.1) is 5.41 Å². The van der Waals surface area contributed by atoms with Crippen molar-refractivity contribution in [2.24, 2.45) is 5.41 Å². The van der Waals surface area contributed by atoms with E-state index in [1.54, 1.807) is 0 Å². The van der Waals surface area contributed by atoms with Gasteiger partial charge in [-0.05, 0) is 48.1 Å². The van der Waals surface area contributed by atoms with E-state index in [0.29, 0.717) is 11.8 Å². The van der Waals surface area contributed by atoms with Gasteiger partial charge in [0.1, 0.15) is 5.60 Å². The minimum absolute atomic E-state index is 0. The monoisotopic (exact) mass is 481 g/mol. The molecule has 5 rings (SSSR count). The summed E-state index contributed by atoms with van der Waals surface area (Å²) in [4.78, 5) is 8.19. The number of nitrogens with one attached hydrogen (secondary N) is 2. The molecule has 1 aromatic carbocycles. The number of hydrogen-bond acceptors (Lipinski definition) is 4. The second kappa shape index (κ2) is 9.82. The van der Waals surface area contributed by atoms with Gasteiger partial charge in [0.05, 0.1) is 0 Å². The Kier molecular flexibility index (Phi) is 7.20.